The van der Waals surface area contributed by atoms with Crippen molar-refractivity contribution in [2.75, 3.05) is 6.26 Å². The molecule has 0 aliphatic carbocycles. The van der Waals surface area contributed by atoms with Gasteiger partial charge in [-0.15, -0.1) is 11.8 Å². The third kappa shape index (κ3) is 4.59. The van der Waals surface area contributed by atoms with E-state index in [2.05, 4.69) is 20.4 Å². The largest absolute Gasteiger partial charge is 0.438 e. The van der Waals surface area contributed by atoms with Crippen LogP contribution in [0.2, 0.25) is 0 Å². The Morgan fingerprint density at radius 3 is 2.65 bits per heavy atom. The van der Waals surface area contributed by atoms with E-state index < -0.39 is 0 Å². The number of pyridine rings is 2. The van der Waals surface area contributed by atoms with E-state index in [4.69, 9.17) is 4.74 Å². The lowest BCUT2D eigenvalue weighted by atomic mass is 10.2. The molecule has 0 amide bonds. The number of rotatable bonds is 6. The zero-order valence-corrected chi connectivity index (χ0v) is 15.0. The van der Waals surface area contributed by atoms with E-state index in [-0.39, 0.29) is 5.84 Å². The lowest BCUT2D eigenvalue weighted by Crippen LogP contribution is -2.21. The van der Waals surface area contributed by atoms with Gasteiger partial charge in [-0.2, -0.15) is 0 Å². The van der Waals surface area contributed by atoms with Crippen molar-refractivity contribution in [3.05, 3.63) is 78.2 Å². The van der Waals surface area contributed by atoms with Crippen molar-refractivity contribution >= 4 is 17.6 Å². The molecule has 0 aliphatic heterocycles. The molecule has 3 aromatic rings. The summed E-state index contributed by atoms with van der Waals surface area (Å²) >= 11 is 1.66. The minimum Gasteiger partial charge on any atom is -0.438 e. The van der Waals surface area contributed by atoms with Gasteiger partial charge in [0.25, 0.3) is 0 Å². The molecule has 0 aliphatic rings. The van der Waals surface area contributed by atoms with Gasteiger partial charge in [0.05, 0.1) is 12.1 Å². The van der Waals surface area contributed by atoms with Crippen LogP contribution in [-0.4, -0.2) is 27.3 Å². The van der Waals surface area contributed by atoms with Gasteiger partial charge in [-0.25, -0.2) is 4.98 Å². The predicted octanol–water partition coefficient (Wildman–Crippen LogP) is 3.92. The fourth-order valence-electron chi connectivity index (χ4n) is 2.25. The van der Waals surface area contributed by atoms with Gasteiger partial charge in [-0.1, -0.05) is 6.07 Å². The van der Waals surface area contributed by atoms with Crippen LogP contribution in [0.25, 0.3) is 0 Å². The molecule has 0 saturated heterocycles. The van der Waals surface area contributed by atoms with E-state index in [0.29, 0.717) is 23.7 Å². The monoisotopic (exact) mass is 366 g/mol. The summed E-state index contributed by atoms with van der Waals surface area (Å²) in [6.07, 6.45) is 7.08. The van der Waals surface area contributed by atoms with Gasteiger partial charge in [0.15, 0.2) is 5.84 Å². The van der Waals surface area contributed by atoms with E-state index in [1.165, 1.54) is 0 Å². The third-order valence-electron chi connectivity index (χ3n) is 3.55. The number of nitrogens with one attached hydrogen (secondary N) is 1. The lowest BCUT2D eigenvalue weighted by Gasteiger charge is -2.11. The molecule has 6 nitrogen and oxygen atoms in total. The van der Waals surface area contributed by atoms with Crippen LogP contribution >= 0.6 is 11.8 Å². The predicted molar refractivity (Wildman–Crippen MR) is 102 cm³/mol. The molecule has 2 aromatic heterocycles. The highest BCUT2D eigenvalue weighted by molar-refractivity contribution is 7.98. The van der Waals surface area contributed by atoms with Gasteiger partial charge in [-0.3, -0.25) is 20.7 Å². The number of benzene rings is 1. The van der Waals surface area contributed by atoms with E-state index >= 15 is 0 Å². The van der Waals surface area contributed by atoms with Crippen LogP contribution in [0.5, 0.6) is 11.6 Å². The van der Waals surface area contributed by atoms with Crippen molar-refractivity contribution in [2.45, 2.75) is 11.4 Å². The molecule has 0 radical (unpaired) electrons. The first kappa shape index (κ1) is 17.9. The van der Waals surface area contributed by atoms with Crippen molar-refractivity contribution < 1.29 is 9.94 Å². The van der Waals surface area contributed by atoms with Crippen molar-refractivity contribution in [1.82, 2.24) is 15.4 Å². The number of thioether (sulfide) groups is 1. The number of amidine groups is 1. The van der Waals surface area contributed by atoms with E-state index in [1.807, 2.05) is 42.7 Å². The lowest BCUT2D eigenvalue weighted by molar-refractivity contribution is 0.234. The molecule has 0 fully saturated rings. The number of hydroxylamine groups is 1. The summed E-state index contributed by atoms with van der Waals surface area (Å²) in [6.45, 7) is 0.369. The van der Waals surface area contributed by atoms with Crippen molar-refractivity contribution in [1.29, 1.82) is 0 Å². The summed E-state index contributed by atoms with van der Waals surface area (Å²) in [4.78, 5) is 13.9. The number of hydrogen-bond acceptors (Lipinski definition) is 6. The highest BCUT2D eigenvalue weighted by atomic mass is 32.2. The zero-order valence-electron chi connectivity index (χ0n) is 14.2. The first-order chi connectivity index (χ1) is 12.8. The van der Waals surface area contributed by atoms with E-state index in [1.54, 1.807) is 42.5 Å². The number of aromatic nitrogens is 2. The number of nitrogens with zero attached hydrogens (tertiary/aromatic N) is 3. The Bertz CT molecular complexity index is 870. The van der Waals surface area contributed by atoms with Crippen molar-refractivity contribution in [2.24, 2.45) is 4.99 Å². The molecule has 132 valence electrons. The number of aliphatic imine (C=N–C) groups is 1. The van der Waals surface area contributed by atoms with Crippen LogP contribution in [-0.2, 0) is 6.54 Å². The normalized spacial score (nSPS) is 11.2. The summed E-state index contributed by atoms with van der Waals surface area (Å²) in [5, 5.41) is 9.53. The quantitative estimate of drug-likeness (QED) is 0.298. The van der Waals surface area contributed by atoms with Crippen LogP contribution in [0.3, 0.4) is 0 Å². The van der Waals surface area contributed by atoms with Crippen molar-refractivity contribution in [3.63, 3.8) is 0 Å². The molecule has 0 bridgehead atoms. The van der Waals surface area contributed by atoms with Crippen molar-refractivity contribution in [3.8, 4) is 11.6 Å². The molecule has 0 unspecified atom stereocenters. The highest BCUT2D eigenvalue weighted by Gasteiger charge is 2.12. The topological polar surface area (TPSA) is 79.6 Å². The molecule has 26 heavy (non-hydrogen) atoms. The fraction of sp³-hybridized carbons (Fsp3) is 0.105. The van der Waals surface area contributed by atoms with Crippen LogP contribution in [0.1, 0.15) is 11.1 Å². The van der Waals surface area contributed by atoms with E-state index in [9.17, 15) is 5.21 Å². The molecule has 2 heterocycles. The highest BCUT2D eigenvalue weighted by Crippen LogP contribution is 2.25. The molecule has 0 spiro atoms. The minimum atomic E-state index is 0.276. The maximum absolute atomic E-state index is 9.53. The second-order valence-electron chi connectivity index (χ2n) is 5.27. The Kier molecular flexibility index (Phi) is 6.19. The van der Waals surface area contributed by atoms with Gasteiger partial charge in [0, 0.05) is 23.5 Å². The smallest absolute Gasteiger partial charge is 0.230 e. The maximum atomic E-state index is 9.53. The Morgan fingerprint density at radius 2 is 1.96 bits per heavy atom. The molecular formula is C19H18N4O2S. The Balaban J connectivity index is 1.84. The Morgan fingerprint density at radius 1 is 1.15 bits per heavy atom. The van der Waals surface area contributed by atoms with Crippen LogP contribution in [0.4, 0.5) is 0 Å². The Labute approximate surface area is 156 Å². The first-order valence-electron chi connectivity index (χ1n) is 7.91. The molecule has 2 N–H and O–H groups in total. The average Bonchev–Trinajstić information content (AvgIpc) is 2.71. The molecule has 7 heteroatoms. The second-order valence-corrected chi connectivity index (χ2v) is 6.15. The summed E-state index contributed by atoms with van der Waals surface area (Å²) in [7, 11) is 0. The molecule has 1 aromatic carbocycles. The van der Waals surface area contributed by atoms with Gasteiger partial charge >= 0.3 is 0 Å². The molecule has 0 atom stereocenters. The SMILES string of the molecule is CSc1ccc(Oc2ncccc2C(=NCc2cccnc2)NO)cc1. The summed E-state index contributed by atoms with van der Waals surface area (Å²) in [5.74, 6) is 1.29. The van der Waals surface area contributed by atoms with Gasteiger partial charge < -0.3 is 4.74 Å². The van der Waals surface area contributed by atoms with E-state index in [0.717, 1.165) is 10.5 Å². The molecule has 3 rings (SSSR count). The molecule has 0 saturated carbocycles. The van der Waals surface area contributed by atoms with Gasteiger partial charge in [0.2, 0.25) is 5.88 Å². The Hall–Kier alpha value is -2.90. The second kappa shape index (κ2) is 8.98. The zero-order chi connectivity index (χ0) is 18.2. The molecular weight excluding hydrogens is 348 g/mol. The summed E-state index contributed by atoms with van der Waals surface area (Å²) < 4.78 is 5.88. The average molecular weight is 366 g/mol. The standard InChI is InChI=1S/C19H18N4O2S/c1-26-16-8-6-15(7-9-16)25-19-17(5-3-11-21-19)18(23-24)22-13-14-4-2-10-20-12-14/h2-12,24H,13H2,1H3,(H,22,23). The van der Waals surface area contributed by atoms with Gasteiger partial charge in [0.1, 0.15) is 5.75 Å². The first-order valence-corrected chi connectivity index (χ1v) is 9.13. The van der Waals surface area contributed by atoms with Crippen LogP contribution < -0.4 is 10.2 Å². The van der Waals surface area contributed by atoms with Gasteiger partial charge in [-0.05, 0) is 54.3 Å². The minimum absolute atomic E-state index is 0.276. The number of ether oxygens (including phenoxy) is 1. The van der Waals surface area contributed by atoms with Crippen LogP contribution in [0, 0.1) is 0 Å². The summed E-state index contributed by atoms with van der Waals surface area (Å²) in [6, 6.07) is 15.0. The fourth-order valence-corrected chi connectivity index (χ4v) is 2.66. The maximum Gasteiger partial charge on any atom is 0.230 e. The third-order valence-corrected chi connectivity index (χ3v) is 4.29. The summed E-state index contributed by atoms with van der Waals surface area (Å²) in [5.41, 5.74) is 3.63. The van der Waals surface area contributed by atoms with Crippen LogP contribution in [0.15, 0.2) is 77.0 Å². The number of hydrogen-bond donors (Lipinski definition) is 2.